The van der Waals surface area contributed by atoms with Crippen LogP contribution in [-0.2, 0) is 6.61 Å². The highest BCUT2D eigenvalue weighted by Gasteiger charge is 2.10. The molecule has 1 aromatic carbocycles. The van der Waals surface area contributed by atoms with Crippen molar-refractivity contribution in [2.24, 2.45) is 0 Å². The summed E-state index contributed by atoms with van der Waals surface area (Å²) in [4.78, 5) is 4.07. The maximum Gasteiger partial charge on any atom is 0.252 e. The van der Waals surface area contributed by atoms with E-state index in [0.29, 0.717) is 5.82 Å². The molecule has 0 radical (unpaired) electrons. The molecule has 2 rings (SSSR count). The Morgan fingerprint density at radius 3 is 2.80 bits per heavy atom. The molecule has 0 saturated heterocycles. The van der Waals surface area contributed by atoms with Crippen LogP contribution in [-0.4, -0.2) is 15.2 Å². The van der Waals surface area contributed by atoms with Crippen molar-refractivity contribution in [1.82, 2.24) is 10.1 Å². The first-order chi connectivity index (χ1) is 7.22. The third kappa shape index (κ3) is 1.76. The van der Waals surface area contributed by atoms with Crippen molar-refractivity contribution < 1.29 is 9.63 Å². The average molecular weight is 204 g/mol. The molecule has 1 heterocycles. The summed E-state index contributed by atoms with van der Waals surface area (Å²) in [5.74, 6) is 0.770. The second kappa shape index (κ2) is 3.82. The van der Waals surface area contributed by atoms with E-state index in [1.165, 1.54) is 5.56 Å². The summed E-state index contributed by atoms with van der Waals surface area (Å²) in [7, 11) is 0. The smallest absolute Gasteiger partial charge is 0.252 e. The van der Waals surface area contributed by atoms with Crippen LogP contribution in [0.5, 0.6) is 0 Å². The van der Waals surface area contributed by atoms with Crippen molar-refractivity contribution in [3.63, 3.8) is 0 Å². The number of rotatable bonds is 2. The minimum Gasteiger partial charge on any atom is -0.387 e. The van der Waals surface area contributed by atoms with Crippen LogP contribution in [0.15, 0.2) is 22.7 Å². The summed E-state index contributed by atoms with van der Waals surface area (Å²) >= 11 is 0. The van der Waals surface area contributed by atoms with Gasteiger partial charge in [-0.25, -0.2) is 0 Å². The lowest BCUT2D eigenvalue weighted by atomic mass is 10.0. The predicted molar refractivity (Wildman–Crippen MR) is 55.1 cm³/mol. The molecule has 0 saturated carbocycles. The van der Waals surface area contributed by atoms with E-state index < -0.39 is 0 Å². The fraction of sp³-hybridized carbons (Fsp3) is 0.273. The highest BCUT2D eigenvalue weighted by atomic mass is 16.5. The Kier molecular flexibility index (Phi) is 2.51. The van der Waals surface area contributed by atoms with Gasteiger partial charge in [-0.2, -0.15) is 4.98 Å². The van der Waals surface area contributed by atoms with Crippen LogP contribution in [0.25, 0.3) is 11.4 Å². The van der Waals surface area contributed by atoms with Gasteiger partial charge in [0, 0.05) is 5.56 Å². The molecule has 0 atom stereocenters. The molecule has 4 nitrogen and oxygen atoms in total. The summed E-state index contributed by atoms with van der Waals surface area (Å²) in [6.07, 6.45) is 0. The topological polar surface area (TPSA) is 59.2 Å². The molecule has 0 unspecified atom stereocenters. The van der Waals surface area contributed by atoms with Gasteiger partial charge in [0.25, 0.3) is 5.89 Å². The van der Waals surface area contributed by atoms with Gasteiger partial charge in [0.1, 0.15) is 6.61 Å². The van der Waals surface area contributed by atoms with E-state index in [1.54, 1.807) is 0 Å². The molecule has 0 aliphatic heterocycles. The van der Waals surface area contributed by atoms with Gasteiger partial charge in [0.05, 0.1) is 0 Å². The molecule has 2 aromatic rings. The highest BCUT2D eigenvalue weighted by molar-refractivity contribution is 5.61. The molecule has 78 valence electrons. The Bertz CT molecular complexity index is 477. The van der Waals surface area contributed by atoms with Crippen molar-refractivity contribution in [2.45, 2.75) is 20.5 Å². The van der Waals surface area contributed by atoms with E-state index >= 15 is 0 Å². The lowest BCUT2D eigenvalue weighted by Crippen LogP contribution is -1.89. The summed E-state index contributed by atoms with van der Waals surface area (Å²) in [5.41, 5.74) is 3.25. The number of aliphatic hydroxyl groups excluding tert-OH is 1. The van der Waals surface area contributed by atoms with Crippen LogP contribution in [0.2, 0.25) is 0 Å². The molecule has 0 spiro atoms. The van der Waals surface area contributed by atoms with Crippen molar-refractivity contribution in [2.75, 3.05) is 0 Å². The highest BCUT2D eigenvalue weighted by Crippen LogP contribution is 2.22. The minimum absolute atomic E-state index is 0.224. The lowest BCUT2D eigenvalue weighted by molar-refractivity contribution is 0.222. The zero-order chi connectivity index (χ0) is 10.8. The van der Waals surface area contributed by atoms with E-state index in [-0.39, 0.29) is 12.5 Å². The Labute approximate surface area is 87.6 Å². The SMILES string of the molecule is Cc1cccc(-c2noc(CO)n2)c1C. The maximum atomic E-state index is 8.83. The second-order valence-electron chi connectivity index (χ2n) is 3.42. The van der Waals surface area contributed by atoms with Crippen molar-refractivity contribution >= 4 is 0 Å². The van der Waals surface area contributed by atoms with Gasteiger partial charge < -0.3 is 9.63 Å². The van der Waals surface area contributed by atoms with Crippen molar-refractivity contribution in [1.29, 1.82) is 0 Å². The van der Waals surface area contributed by atoms with Gasteiger partial charge in [0.2, 0.25) is 5.82 Å². The van der Waals surface area contributed by atoms with E-state index in [4.69, 9.17) is 9.63 Å². The molecule has 0 aliphatic carbocycles. The predicted octanol–water partition coefficient (Wildman–Crippen LogP) is 1.85. The second-order valence-corrected chi connectivity index (χ2v) is 3.42. The van der Waals surface area contributed by atoms with Crippen LogP contribution in [0, 0.1) is 13.8 Å². The van der Waals surface area contributed by atoms with Crippen LogP contribution in [0.1, 0.15) is 17.0 Å². The van der Waals surface area contributed by atoms with E-state index in [0.717, 1.165) is 11.1 Å². The summed E-state index contributed by atoms with van der Waals surface area (Å²) in [6.45, 7) is 3.82. The molecule has 0 bridgehead atoms. The largest absolute Gasteiger partial charge is 0.387 e. The third-order valence-electron chi connectivity index (χ3n) is 2.45. The first-order valence-corrected chi connectivity index (χ1v) is 4.72. The Hall–Kier alpha value is -1.68. The lowest BCUT2D eigenvalue weighted by Gasteiger charge is -2.03. The van der Waals surface area contributed by atoms with Crippen LogP contribution in [0.3, 0.4) is 0 Å². The van der Waals surface area contributed by atoms with E-state index in [9.17, 15) is 0 Å². The molecule has 1 aromatic heterocycles. The molecular weight excluding hydrogens is 192 g/mol. The van der Waals surface area contributed by atoms with Gasteiger partial charge in [-0.05, 0) is 25.0 Å². The normalized spacial score (nSPS) is 10.6. The van der Waals surface area contributed by atoms with Gasteiger partial charge in [-0.1, -0.05) is 23.4 Å². The Balaban J connectivity index is 2.49. The van der Waals surface area contributed by atoms with Gasteiger partial charge in [-0.3, -0.25) is 0 Å². The zero-order valence-corrected chi connectivity index (χ0v) is 8.69. The number of nitrogens with zero attached hydrogens (tertiary/aromatic N) is 2. The number of benzene rings is 1. The van der Waals surface area contributed by atoms with Gasteiger partial charge in [0.15, 0.2) is 0 Å². The Morgan fingerprint density at radius 1 is 1.33 bits per heavy atom. The quantitative estimate of drug-likeness (QED) is 0.810. The van der Waals surface area contributed by atoms with Crippen LogP contribution < -0.4 is 0 Å². The van der Waals surface area contributed by atoms with Crippen LogP contribution >= 0.6 is 0 Å². The molecule has 15 heavy (non-hydrogen) atoms. The fourth-order valence-corrected chi connectivity index (χ4v) is 1.42. The van der Waals surface area contributed by atoms with E-state index in [2.05, 4.69) is 10.1 Å². The monoisotopic (exact) mass is 204 g/mol. The molecular formula is C11H12N2O2. The van der Waals surface area contributed by atoms with Gasteiger partial charge in [-0.15, -0.1) is 0 Å². The molecule has 4 heteroatoms. The van der Waals surface area contributed by atoms with Crippen molar-refractivity contribution in [3.05, 3.63) is 35.2 Å². The molecule has 0 fully saturated rings. The maximum absolute atomic E-state index is 8.83. The van der Waals surface area contributed by atoms with Gasteiger partial charge >= 0.3 is 0 Å². The Morgan fingerprint density at radius 2 is 2.13 bits per heavy atom. The average Bonchev–Trinajstić information content (AvgIpc) is 2.70. The standard InChI is InChI=1S/C11H12N2O2/c1-7-4-3-5-9(8(7)2)11-12-10(6-14)15-13-11/h3-5,14H,6H2,1-2H3. The summed E-state index contributed by atoms with van der Waals surface area (Å²) in [5, 5.41) is 12.6. The number of aryl methyl sites for hydroxylation is 1. The zero-order valence-electron chi connectivity index (χ0n) is 8.69. The molecule has 0 amide bonds. The minimum atomic E-state index is -0.224. The first-order valence-electron chi connectivity index (χ1n) is 4.72. The third-order valence-corrected chi connectivity index (χ3v) is 2.45. The number of aliphatic hydroxyl groups is 1. The first kappa shape index (κ1) is 9.86. The summed E-state index contributed by atoms with van der Waals surface area (Å²) < 4.78 is 4.85. The molecule has 0 aliphatic rings. The van der Waals surface area contributed by atoms with Crippen LogP contribution in [0.4, 0.5) is 0 Å². The summed E-state index contributed by atoms with van der Waals surface area (Å²) in [6, 6.07) is 5.92. The number of hydrogen-bond donors (Lipinski definition) is 1. The number of hydrogen-bond acceptors (Lipinski definition) is 4. The number of aromatic nitrogens is 2. The molecule has 1 N–H and O–H groups in total. The fourth-order valence-electron chi connectivity index (χ4n) is 1.42. The van der Waals surface area contributed by atoms with Crippen molar-refractivity contribution in [3.8, 4) is 11.4 Å². The van der Waals surface area contributed by atoms with E-state index in [1.807, 2.05) is 32.0 Å².